The number of likely N-dealkylation sites (tertiary alicyclic amines) is 1. The van der Waals surface area contributed by atoms with Crippen molar-refractivity contribution in [1.82, 2.24) is 10.2 Å². The van der Waals surface area contributed by atoms with Gasteiger partial charge in [-0.05, 0) is 50.4 Å². The van der Waals surface area contributed by atoms with Crippen molar-refractivity contribution in [1.29, 1.82) is 0 Å². The molecule has 0 bridgehead atoms. The van der Waals surface area contributed by atoms with Crippen molar-refractivity contribution in [3.05, 3.63) is 29.8 Å². The van der Waals surface area contributed by atoms with E-state index >= 15 is 0 Å². The molecule has 0 spiro atoms. The van der Waals surface area contributed by atoms with Crippen LogP contribution in [-0.4, -0.2) is 42.9 Å². The van der Waals surface area contributed by atoms with Gasteiger partial charge in [0.1, 0.15) is 0 Å². The van der Waals surface area contributed by atoms with Gasteiger partial charge in [-0.15, -0.1) is 0 Å². The third kappa shape index (κ3) is 5.06. The van der Waals surface area contributed by atoms with Gasteiger partial charge in [-0.2, -0.15) is 0 Å². The quantitative estimate of drug-likeness (QED) is 0.842. The van der Waals surface area contributed by atoms with Gasteiger partial charge in [0, 0.05) is 18.2 Å². The third-order valence-electron chi connectivity index (χ3n) is 4.53. The molecule has 2 rings (SSSR count). The molecule has 1 aromatic carbocycles. The molecule has 5 nitrogen and oxygen atoms in total. The molecule has 0 aromatic heterocycles. The summed E-state index contributed by atoms with van der Waals surface area (Å²) >= 11 is 0. The SMILES string of the molecule is CCNC(=O)C1CCN(CC(=O)Nc2ccccc2C(C)C)CC1. The first-order valence-corrected chi connectivity index (χ1v) is 8.90. The average Bonchev–Trinajstić information content (AvgIpc) is 2.56. The zero-order chi connectivity index (χ0) is 17.5. The van der Waals surface area contributed by atoms with Crippen molar-refractivity contribution in [2.75, 3.05) is 31.5 Å². The maximum Gasteiger partial charge on any atom is 0.238 e. The van der Waals surface area contributed by atoms with E-state index in [4.69, 9.17) is 0 Å². The highest BCUT2D eigenvalue weighted by Gasteiger charge is 2.25. The Morgan fingerprint density at radius 1 is 1.21 bits per heavy atom. The fourth-order valence-corrected chi connectivity index (χ4v) is 3.18. The van der Waals surface area contributed by atoms with Crippen molar-refractivity contribution < 1.29 is 9.59 Å². The number of carbonyl (C=O) groups is 2. The lowest BCUT2D eigenvalue weighted by atomic mass is 9.96. The molecule has 1 aliphatic heterocycles. The van der Waals surface area contributed by atoms with E-state index in [1.165, 1.54) is 0 Å². The van der Waals surface area contributed by atoms with Crippen LogP contribution in [0.3, 0.4) is 0 Å². The zero-order valence-electron chi connectivity index (χ0n) is 15.0. The van der Waals surface area contributed by atoms with Crippen LogP contribution in [0, 0.1) is 5.92 Å². The summed E-state index contributed by atoms with van der Waals surface area (Å²) in [6, 6.07) is 7.95. The second-order valence-corrected chi connectivity index (χ2v) is 6.74. The Hall–Kier alpha value is -1.88. The van der Waals surface area contributed by atoms with Crippen LogP contribution in [0.4, 0.5) is 5.69 Å². The van der Waals surface area contributed by atoms with Crippen LogP contribution in [0.1, 0.15) is 45.1 Å². The predicted octanol–water partition coefficient (Wildman–Crippen LogP) is 2.60. The summed E-state index contributed by atoms with van der Waals surface area (Å²) in [5.74, 6) is 0.618. The van der Waals surface area contributed by atoms with Crippen molar-refractivity contribution in [2.24, 2.45) is 5.92 Å². The molecule has 2 N–H and O–H groups in total. The van der Waals surface area contributed by atoms with Crippen LogP contribution in [0.25, 0.3) is 0 Å². The normalized spacial score (nSPS) is 16.2. The second kappa shape index (κ2) is 8.83. The minimum Gasteiger partial charge on any atom is -0.356 e. The van der Waals surface area contributed by atoms with Crippen molar-refractivity contribution in [3.8, 4) is 0 Å². The minimum atomic E-state index is 0.0135. The van der Waals surface area contributed by atoms with Gasteiger partial charge < -0.3 is 10.6 Å². The van der Waals surface area contributed by atoms with E-state index < -0.39 is 0 Å². The highest BCUT2D eigenvalue weighted by molar-refractivity contribution is 5.93. The van der Waals surface area contributed by atoms with Crippen LogP contribution < -0.4 is 10.6 Å². The highest BCUT2D eigenvalue weighted by atomic mass is 16.2. The Labute approximate surface area is 144 Å². The molecule has 1 saturated heterocycles. The Balaban J connectivity index is 1.83. The van der Waals surface area contributed by atoms with Crippen LogP contribution in [0.2, 0.25) is 0 Å². The molecule has 0 radical (unpaired) electrons. The van der Waals surface area contributed by atoms with Crippen molar-refractivity contribution >= 4 is 17.5 Å². The van der Waals surface area contributed by atoms with E-state index in [9.17, 15) is 9.59 Å². The molecule has 132 valence electrons. The van der Waals surface area contributed by atoms with Gasteiger partial charge in [-0.3, -0.25) is 14.5 Å². The Bertz CT molecular complexity index is 563. The Morgan fingerprint density at radius 3 is 2.50 bits per heavy atom. The standard InChI is InChI=1S/C19H29N3O2/c1-4-20-19(24)15-9-11-22(12-10-15)13-18(23)21-17-8-6-5-7-16(17)14(2)3/h5-8,14-15H,4,9-13H2,1-3H3,(H,20,24)(H,21,23). The lowest BCUT2D eigenvalue weighted by molar-refractivity contribution is -0.126. The molecular formula is C19H29N3O2. The number of nitrogens with one attached hydrogen (secondary N) is 2. The number of piperidine rings is 1. The van der Waals surface area contributed by atoms with E-state index in [0.717, 1.165) is 37.2 Å². The molecule has 1 aliphatic rings. The number of hydrogen-bond acceptors (Lipinski definition) is 3. The number of hydrogen-bond donors (Lipinski definition) is 2. The summed E-state index contributed by atoms with van der Waals surface area (Å²) in [6.45, 7) is 8.83. The predicted molar refractivity (Wildman–Crippen MR) is 97.0 cm³/mol. The summed E-state index contributed by atoms with van der Waals surface area (Å²) < 4.78 is 0. The molecule has 0 atom stereocenters. The fourth-order valence-electron chi connectivity index (χ4n) is 3.18. The van der Waals surface area contributed by atoms with Crippen LogP contribution in [-0.2, 0) is 9.59 Å². The van der Waals surface area contributed by atoms with Crippen LogP contribution >= 0.6 is 0 Å². The molecule has 0 unspecified atom stereocenters. The lowest BCUT2D eigenvalue weighted by Crippen LogP contribution is -2.43. The number of para-hydroxylation sites is 1. The monoisotopic (exact) mass is 331 g/mol. The summed E-state index contributed by atoms with van der Waals surface area (Å²) in [4.78, 5) is 26.3. The Kier molecular flexibility index (Phi) is 6.79. The molecule has 1 aromatic rings. The van der Waals surface area contributed by atoms with E-state index in [1.54, 1.807) is 0 Å². The number of anilines is 1. The highest BCUT2D eigenvalue weighted by Crippen LogP contribution is 2.24. The van der Waals surface area contributed by atoms with Gasteiger partial charge >= 0.3 is 0 Å². The van der Waals surface area contributed by atoms with E-state index in [1.807, 2.05) is 25.1 Å². The Morgan fingerprint density at radius 2 is 1.88 bits per heavy atom. The number of rotatable bonds is 6. The summed E-state index contributed by atoms with van der Waals surface area (Å²) in [7, 11) is 0. The van der Waals surface area contributed by atoms with Gasteiger partial charge in [0.2, 0.25) is 11.8 Å². The molecule has 0 aliphatic carbocycles. The smallest absolute Gasteiger partial charge is 0.238 e. The minimum absolute atomic E-state index is 0.0135. The fraction of sp³-hybridized carbons (Fsp3) is 0.579. The van der Waals surface area contributed by atoms with Gasteiger partial charge in [0.25, 0.3) is 0 Å². The first kappa shape index (κ1) is 18.5. The first-order chi connectivity index (χ1) is 11.5. The largest absolute Gasteiger partial charge is 0.356 e. The van der Waals surface area contributed by atoms with Crippen LogP contribution in [0.15, 0.2) is 24.3 Å². The van der Waals surface area contributed by atoms with E-state index in [-0.39, 0.29) is 17.7 Å². The number of nitrogens with zero attached hydrogens (tertiary/aromatic N) is 1. The number of carbonyl (C=O) groups excluding carboxylic acids is 2. The van der Waals surface area contributed by atoms with Gasteiger partial charge in [-0.25, -0.2) is 0 Å². The second-order valence-electron chi connectivity index (χ2n) is 6.74. The van der Waals surface area contributed by atoms with E-state index in [0.29, 0.717) is 19.0 Å². The number of benzene rings is 1. The third-order valence-corrected chi connectivity index (χ3v) is 4.53. The topological polar surface area (TPSA) is 61.4 Å². The summed E-state index contributed by atoms with van der Waals surface area (Å²) in [5.41, 5.74) is 2.05. The molecule has 1 fully saturated rings. The molecule has 0 saturated carbocycles. The van der Waals surface area contributed by atoms with Gasteiger partial charge in [0.15, 0.2) is 0 Å². The first-order valence-electron chi connectivity index (χ1n) is 8.90. The van der Waals surface area contributed by atoms with Crippen molar-refractivity contribution in [3.63, 3.8) is 0 Å². The maximum absolute atomic E-state index is 12.3. The van der Waals surface area contributed by atoms with Crippen molar-refractivity contribution in [2.45, 2.75) is 39.5 Å². The van der Waals surface area contributed by atoms with Crippen LogP contribution in [0.5, 0.6) is 0 Å². The average molecular weight is 331 g/mol. The van der Waals surface area contributed by atoms with Gasteiger partial charge in [-0.1, -0.05) is 32.0 Å². The molecule has 1 heterocycles. The zero-order valence-corrected chi connectivity index (χ0v) is 15.0. The molecule has 2 amide bonds. The summed E-state index contributed by atoms with van der Waals surface area (Å²) in [5, 5.41) is 5.92. The van der Waals surface area contributed by atoms with E-state index in [2.05, 4.69) is 35.4 Å². The molecular weight excluding hydrogens is 302 g/mol. The number of amides is 2. The molecule has 24 heavy (non-hydrogen) atoms. The lowest BCUT2D eigenvalue weighted by Gasteiger charge is -2.30. The summed E-state index contributed by atoms with van der Waals surface area (Å²) in [6.07, 6.45) is 1.64. The maximum atomic E-state index is 12.3. The van der Waals surface area contributed by atoms with Gasteiger partial charge in [0.05, 0.1) is 6.54 Å². The molecule has 5 heteroatoms.